The molecule has 1 heteroatoms. The fraction of sp³-hybridized carbons (Fsp3) is 0.600. The molecule has 0 atom stereocenters. The summed E-state index contributed by atoms with van der Waals surface area (Å²) in [5, 5.41) is 0. The highest BCUT2D eigenvalue weighted by Crippen LogP contribution is 2.11. The van der Waals surface area contributed by atoms with Crippen molar-refractivity contribution in [3.63, 3.8) is 0 Å². The van der Waals surface area contributed by atoms with Crippen molar-refractivity contribution in [2.24, 2.45) is 5.92 Å². The maximum absolute atomic E-state index is 5.57. The SMILES string of the molecule is CC(C)CCc1ccc(COC(C)C)cc1. The molecule has 90 valence electrons. The maximum atomic E-state index is 5.57. The van der Waals surface area contributed by atoms with Gasteiger partial charge in [0.15, 0.2) is 0 Å². The first kappa shape index (κ1) is 13.2. The van der Waals surface area contributed by atoms with Crippen LogP contribution in [0.3, 0.4) is 0 Å². The third-order valence-electron chi connectivity index (χ3n) is 2.62. The molecule has 1 rings (SSSR count). The number of benzene rings is 1. The number of hydrogen-bond acceptors (Lipinski definition) is 1. The van der Waals surface area contributed by atoms with Crippen LogP contribution in [-0.2, 0) is 17.8 Å². The van der Waals surface area contributed by atoms with E-state index in [2.05, 4.69) is 52.0 Å². The first-order valence-electron chi connectivity index (χ1n) is 6.27. The van der Waals surface area contributed by atoms with E-state index in [4.69, 9.17) is 4.74 Å². The minimum Gasteiger partial charge on any atom is -0.374 e. The molecule has 0 saturated heterocycles. The van der Waals surface area contributed by atoms with Crippen LogP contribution >= 0.6 is 0 Å². The van der Waals surface area contributed by atoms with Gasteiger partial charge in [0.2, 0.25) is 0 Å². The van der Waals surface area contributed by atoms with Crippen LogP contribution < -0.4 is 0 Å². The monoisotopic (exact) mass is 220 g/mol. The van der Waals surface area contributed by atoms with E-state index in [0.717, 1.165) is 12.5 Å². The Hall–Kier alpha value is -0.820. The van der Waals surface area contributed by atoms with Gasteiger partial charge in [-0.05, 0) is 43.7 Å². The molecule has 0 radical (unpaired) electrons. The van der Waals surface area contributed by atoms with E-state index in [1.165, 1.54) is 24.0 Å². The zero-order valence-corrected chi connectivity index (χ0v) is 11.0. The Morgan fingerprint density at radius 2 is 1.50 bits per heavy atom. The van der Waals surface area contributed by atoms with E-state index < -0.39 is 0 Å². The lowest BCUT2D eigenvalue weighted by atomic mass is 10.0. The summed E-state index contributed by atoms with van der Waals surface area (Å²) >= 11 is 0. The van der Waals surface area contributed by atoms with Crippen LogP contribution in [0, 0.1) is 5.92 Å². The van der Waals surface area contributed by atoms with Gasteiger partial charge in [0.1, 0.15) is 0 Å². The van der Waals surface area contributed by atoms with E-state index in [-0.39, 0.29) is 0 Å². The van der Waals surface area contributed by atoms with Gasteiger partial charge >= 0.3 is 0 Å². The van der Waals surface area contributed by atoms with E-state index in [0.29, 0.717) is 6.10 Å². The predicted molar refractivity (Wildman–Crippen MR) is 69.5 cm³/mol. The van der Waals surface area contributed by atoms with E-state index in [1.807, 2.05) is 0 Å². The van der Waals surface area contributed by atoms with E-state index >= 15 is 0 Å². The summed E-state index contributed by atoms with van der Waals surface area (Å²) in [5.74, 6) is 0.781. The molecule has 1 aromatic carbocycles. The second kappa shape index (κ2) is 6.70. The molecule has 0 heterocycles. The quantitative estimate of drug-likeness (QED) is 0.698. The topological polar surface area (TPSA) is 9.23 Å². The largest absolute Gasteiger partial charge is 0.374 e. The molecule has 0 aromatic heterocycles. The summed E-state index contributed by atoms with van der Waals surface area (Å²) < 4.78 is 5.57. The van der Waals surface area contributed by atoms with E-state index in [1.54, 1.807) is 0 Å². The smallest absolute Gasteiger partial charge is 0.0720 e. The van der Waals surface area contributed by atoms with Crippen molar-refractivity contribution in [1.29, 1.82) is 0 Å². The summed E-state index contributed by atoms with van der Waals surface area (Å²) in [7, 11) is 0. The van der Waals surface area contributed by atoms with Crippen LogP contribution in [0.4, 0.5) is 0 Å². The molecule has 0 unspecified atom stereocenters. The third-order valence-corrected chi connectivity index (χ3v) is 2.62. The molecule has 0 N–H and O–H groups in total. The Balaban J connectivity index is 2.41. The summed E-state index contributed by atoms with van der Waals surface area (Å²) in [5.41, 5.74) is 2.70. The van der Waals surface area contributed by atoms with Gasteiger partial charge < -0.3 is 4.74 Å². The molecule has 0 aliphatic carbocycles. The van der Waals surface area contributed by atoms with Crippen LogP contribution in [0.25, 0.3) is 0 Å². The normalized spacial score (nSPS) is 11.4. The average molecular weight is 220 g/mol. The molecule has 0 amide bonds. The lowest BCUT2D eigenvalue weighted by Gasteiger charge is -2.09. The van der Waals surface area contributed by atoms with Crippen LogP contribution in [-0.4, -0.2) is 6.10 Å². The predicted octanol–water partition coefficient (Wildman–Crippen LogP) is 4.20. The molecule has 0 fully saturated rings. The summed E-state index contributed by atoms with van der Waals surface area (Å²) in [6.07, 6.45) is 2.76. The summed E-state index contributed by atoms with van der Waals surface area (Å²) in [4.78, 5) is 0. The lowest BCUT2D eigenvalue weighted by Crippen LogP contribution is -2.02. The fourth-order valence-electron chi connectivity index (χ4n) is 1.52. The van der Waals surface area contributed by atoms with E-state index in [9.17, 15) is 0 Å². The minimum atomic E-state index is 0.306. The Morgan fingerprint density at radius 3 is 2.00 bits per heavy atom. The molecule has 1 aromatic rings. The average Bonchev–Trinajstić information content (AvgIpc) is 2.25. The molecule has 0 bridgehead atoms. The van der Waals surface area contributed by atoms with Crippen LogP contribution in [0.15, 0.2) is 24.3 Å². The molecular formula is C15H24O. The van der Waals surface area contributed by atoms with Crippen molar-refractivity contribution < 1.29 is 4.74 Å². The fourth-order valence-corrected chi connectivity index (χ4v) is 1.52. The minimum absolute atomic E-state index is 0.306. The van der Waals surface area contributed by atoms with Gasteiger partial charge in [0.05, 0.1) is 12.7 Å². The van der Waals surface area contributed by atoms with Gasteiger partial charge in [0, 0.05) is 0 Å². The van der Waals surface area contributed by atoms with Crippen molar-refractivity contribution in [2.75, 3.05) is 0 Å². The summed E-state index contributed by atoms with van der Waals surface area (Å²) in [6, 6.07) is 8.80. The zero-order chi connectivity index (χ0) is 12.0. The van der Waals surface area contributed by atoms with Crippen LogP contribution in [0.2, 0.25) is 0 Å². The van der Waals surface area contributed by atoms with Crippen molar-refractivity contribution in [2.45, 2.75) is 53.2 Å². The maximum Gasteiger partial charge on any atom is 0.0720 e. The first-order chi connectivity index (χ1) is 7.58. The number of hydrogen-bond donors (Lipinski definition) is 0. The summed E-state index contributed by atoms with van der Waals surface area (Å²) in [6.45, 7) is 9.39. The molecule has 0 aliphatic rings. The van der Waals surface area contributed by atoms with Crippen molar-refractivity contribution in [3.8, 4) is 0 Å². The molecule has 1 nitrogen and oxygen atoms in total. The highest BCUT2D eigenvalue weighted by Gasteiger charge is 1.99. The zero-order valence-electron chi connectivity index (χ0n) is 11.0. The second-order valence-electron chi connectivity index (χ2n) is 5.11. The highest BCUT2D eigenvalue weighted by atomic mass is 16.5. The highest BCUT2D eigenvalue weighted by molar-refractivity contribution is 5.22. The van der Waals surface area contributed by atoms with Crippen molar-refractivity contribution in [1.82, 2.24) is 0 Å². The van der Waals surface area contributed by atoms with Gasteiger partial charge in [0.25, 0.3) is 0 Å². The Bertz CT molecular complexity index is 254. The van der Waals surface area contributed by atoms with Gasteiger partial charge in [-0.2, -0.15) is 0 Å². The molecule has 0 saturated carbocycles. The van der Waals surface area contributed by atoms with Gasteiger partial charge in [-0.15, -0.1) is 0 Å². The standard InChI is InChI=1S/C15H24O/c1-12(2)5-6-14-7-9-15(10-8-14)11-16-13(3)4/h7-10,12-13H,5-6,11H2,1-4H3. The Kier molecular flexibility index (Phi) is 5.54. The lowest BCUT2D eigenvalue weighted by molar-refractivity contribution is 0.0657. The molecular weight excluding hydrogens is 196 g/mol. The van der Waals surface area contributed by atoms with Gasteiger partial charge in [-0.3, -0.25) is 0 Å². The van der Waals surface area contributed by atoms with Crippen molar-refractivity contribution in [3.05, 3.63) is 35.4 Å². The van der Waals surface area contributed by atoms with Gasteiger partial charge in [-0.1, -0.05) is 38.1 Å². The Labute approximate surface area is 99.8 Å². The molecule has 16 heavy (non-hydrogen) atoms. The number of rotatable bonds is 6. The Morgan fingerprint density at radius 1 is 0.938 bits per heavy atom. The number of ether oxygens (including phenoxy) is 1. The second-order valence-corrected chi connectivity index (χ2v) is 5.11. The van der Waals surface area contributed by atoms with Crippen molar-refractivity contribution >= 4 is 0 Å². The number of aryl methyl sites for hydroxylation is 1. The van der Waals surface area contributed by atoms with Crippen LogP contribution in [0.1, 0.15) is 45.2 Å². The third kappa shape index (κ3) is 5.32. The first-order valence-corrected chi connectivity index (χ1v) is 6.27. The van der Waals surface area contributed by atoms with Crippen LogP contribution in [0.5, 0.6) is 0 Å². The molecule has 0 aliphatic heterocycles. The molecule has 0 spiro atoms. The van der Waals surface area contributed by atoms with Gasteiger partial charge in [-0.25, -0.2) is 0 Å².